The molecule has 0 heterocycles. The van der Waals surface area contributed by atoms with E-state index >= 15 is 0 Å². The molecule has 0 aromatic heterocycles. The van der Waals surface area contributed by atoms with E-state index in [1.54, 1.807) is 0 Å². The normalized spacial score (nSPS) is 14.3. The maximum Gasteiger partial charge on any atom is 0.306 e. The molecule has 0 radical (unpaired) electrons. The molecule has 18 heavy (non-hydrogen) atoms. The molecular formula is C11H23NO5S. The second kappa shape index (κ2) is 7.06. The van der Waals surface area contributed by atoms with Gasteiger partial charge in [-0.15, -0.1) is 0 Å². The summed E-state index contributed by atoms with van der Waals surface area (Å²) in [5, 5.41) is 8.94. The highest BCUT2D eigenvalue weighted by molar-refractivity contribution is 7.89. The fourth-order valence-electron chi connectivity index (χ4n) is 1.39. The van der Waals surface area contributed by atoms with Gasteiger partial charge in [0.05, 0.1) is 19.3 Å². The van der Waals surface area contributed by atoms with Gasteiger partial charge in [0.25, 0.3) is 0 Å². The molecule has 0 saturated heterocycles. The van der Waals surface area contributed by atoms with E-state index in [9.17, 15) is 13.2 Å². The molecule has 0 spiro atoms. The third kappa shape index (κ3) is 6.93. The Labute approximate surface area is 109 Å². The van der Waals surface area contributed by atoms with Crippen LogP contribution in [0.25, 0.3) is 0 Å². The molecule has 0 aromatic rings. The van der Waals surface area contributed by atoms with Crippen LogP contribution in [0.3, 0.4) is 0 Å². The largest absolute Gasteiger partial charge is 0.469 e. The lowest BCUT2D eigenvalue weighted by Crippen LogP contribution is -2.45. The molecule has 0 bridgehead atoms. The molecule has 0 aliphatic carbocycles. The lowest BCUT2D eigenvalue weighted by molar-refractivity contribution is -0.140. The van der Waals surface area contributed by atoms with Gasteiger partial charge in [0.15, 0.2) is 0 Å². The first-order chi connectivity index (χ1) is 8.12. The number of carbonyl (C=O) groups is 1. The Morgan fingerprint density at radius 1 is 1.39 bits per heavy atom. The van der Waals surface area contributed by atoms with Crippen LogP contribution in [0.1, 0.15) is 33.6 Å². The topological polar surface area (TPSA) is 92.7 Å². The first kappa shape index (κ1) is 17.3. The predicted molar refractivity (Wildman–Crippen MR) is 68.5 cm³/mol. The highest BCUT2D eigenvalue weighted by Gasteiger charge is 2.28. The van der Waals surface area contributed by atoms with Crippen LogP contribution < -0.4 is 4.72 Å². The summed E-state index contributed by atoms with van der Waals surface area (Å²) < 4.78 is 30.5. The number of hydrogen-bond donors (Lipinski definition) is 2. The van der Waals surface area contributed by atoms with Crippen molar-refractivity contribution in [3.8, 4) is 0 Å². The Kier molecular flexibility index (Phi) is 6.80. The number of aliphatic hydroxyl groups is 1. The summed E-state index contributed by atoms with van der Waals surface area (Å²) in [7, 11) is -2.34. The minimum absolute atomic E-state index is 0.0958. The maximum atomic E-state index is 11.8. The van der Waals surface area contributed by atoms with Gasteiger partial charge in [-0.3, -0.25) is 4.79 Å². The number of sulfonamides is 1. The maximum absolute atomic E-state index is 11.8. The van der Waals surface area contributed by atoms with Crippen LogP contribution in [0.15, 0.2) is 0 Å². The molecule has 0 fully saturated rings. The van der Waals surface area contributed by atoms with Crippen molar-refractivity contribution in [1.82, 2.24) is 4.72 Å². The van der Waals surface area contributed by atoms with Crippen LogP contribution in [0.4, 0.5) is 0 Å². The van der Waals surface area contributed by atoms with E-state index in [-0.39, 0.29) is 30.2 Å². The van der Waals surface area contributed by atoms with Gasteiger partial charge in [0.1, 0.15) is 0 Å². The number of ether oxygens (including phenoxy) is 1. The Balaban J connectivity index is 4.57. The molecule has 0 aliphatic heterocycles. The summed E-state index contributed by atoms with van der Waals surface area (Å²) in [6, 6.07) is -0.370. The van der Waals surface area contributed by atoms with E-state index in [0.717, 1.165) is 0 Å². The summed E-state index contributed by atoms with van der Waals surface area (Å²) >= 11 is 0. The zero-order chi connectivity index (χ0) is 14.4. The monoisotopic (exact) mass is 281 g/mol. The fraction of sp³-hybridized carbons (Fsp3) is 0.909. The Morgan fingerprint density at radius 2 is 1.94 bits per heavy atom. The fourth-order valence-corrected chi connectivity index (χ4v) is 2.85. The Morgan fingerprint density at radius 3 is 2.33 bits per heavy atom. The lowest BCUT2D eigenvalue weighted by Gasteiger charge is -2.30. The Hall–Kier alpha value is -0.660. The highest BCUT2D eigenvalue weighted by Crippen LogP contribution is 2.22. The molecule has 108 valence electrons. The molecule has 0 rings (SSSR count). The van der Waals surface area contributed by atoms with Crippen LogP contribution in [-0.2, 0) is 19.6 Å². The average Bonchev–Trinajstić information content (AvgIpc) is 2.24. The number of aliphatic hydroxyl groups excluding tert-OH is 1. The summed E-state index contributed by atoms with van der Waals surface area (Å²) in [6.07, 6.45) is 0.156. The number of nitrogens with one attached hydrogen (secondary N) is 1. The van der Waals surface area contributed by atoms with E-state index in [2.05, 4.69) is 9.46 Å². The van der Waals surface area contributed by atoms with Crippen LogP contribution in [0.2, 0.25) is 0 Å². The van der Waals surface area contributed by atoms with Gasteiger partial charge >= 0.3 is 5.97 Å². The van der Waals surface area contributed by atoms with Crippen molar-refractivity contribution in [2.24, 2.45) is 5.41 Å². The highest BCUT2D eigenvalue weighted by atomic mass is 32.2. The standard InChI is InChI=1S/C11H23NO5S/c1-11(2,3)9(5-7-13)12-18(15,16)8-6-10(14)17-4/h9,12-13H,5-8H2,1-4H3. The molecule has 0 aliphatic rings. The quantitative estimate of drug-likeness (QED) is 0.653. The van der Waals surface area contributed by atoms with Crippen molar-refractivity contribution in [3.05, 3.63) is 0 Å². The molecule has 0 saturated carbocycles. The van der Waals surface area contributed by atoms with Gasteiger partial charge in [-0.25, -0.2) is 13.1 Å². The van der Waals surface area contributed by atoms with Gasteiger partial charge in [-0.05, 0) is 11.8 Å². The summed E-state index contributed by atoms with van der Waals surface area (Å²) in [5.74, 6) is -0.868. The first-order valence-corrected chi connectivity index (χ1v) is 7.45. The smallest absolute Gasteiger partial charge is 0.306 e. The molecule has 2 N–H and O–H groups in total. The Bertz CT molecular complexity index is 358. The van der Waals surface area contributed by atoms with Gasteiger partial charge in [-0.1, -0.05) is 20.8 Å². The van der Waals surface area contributed by atoms with E-state index in [4.69, 9.17) is 5.11 Å². The second-order valence-corrected chi connectivity index (χ2v) is 7.07. The van der Waals surface area contributed by atoms with Crippen LogP contribution in [-0.4, -0.2) is 45.0 Å². The van der Waals surface area contributed by atoms with E-state index < -0.39 is 16.0 Å². The van der Waals surface area contributed by atoms with Crippen molar-refractivity contribution in [3.63, 3.8) is 0 Å². The van der Waals surface area contributed by atoms with Crippen LogP contribution in [0.5, 0.6) is 0 Å². The molecule has 7 heteroatoms. The van der Waals surface area contributed by atoms with Crippen molar-refractivity contribution in [1.29, 1.82) is 0 Å². The predicted octanol–water partition coefficient (Wildman–Crippen LogP) is 0.266. The third-order valence-corrected chi connectivity index (χ3v) is 3.97. The molecule has 1 atom stereocenters. The van der Waals surface area contributed by atoms with Crippen molar-refractivity contribution in [2.45, 2.75) is 39.7 Å². The van der Waals surface area contributed by atoms with Crippen LogP contribution >= 0.6 is 0 Å². The van der Waals surface area contributed by atoms with E-state index in [0.29, 0.717) is 6.42 Å². The first-order valence-electron chi connectivity index (χ1n) is 5.80. The minimum atomic E-state index is -3.55. The summed E-state index contributed by atoms with van der Waals surface area (Å²) in [4.78, 5) is 10.9. The SMILES string of the molecule is COC(=O)CCS(=O)(=O)NC(CCO)C(C)(C)C. The van der Waals surface area contributed by atoms with Crippen molar-refractivity contribution >= 4 is 16.0 Å². The van der Waals surface area contributed by atoms with E-state index in [1.165, 1.54) is 7.11 Å². The van der Waals surface area contributed by atoms with E-state index in [1.807, 2.05) is 20.8 Å². The minimum Gasteiger partial charge on any atom is -0.469 e. The number of hydrogen-bond acceptors (Lipinski definition) is 5. The molecule has 0 aromatic carbocycles. The second-order valence-electron chi connectivity index (χ2n) is 5.19. The van der Waals surface area contributed by atoms with Crippen LogP contribution in [0, 0.1) is 5.41 Å². The van der Waals surface area contributed by atoms with Gasteiger partial charge < -0.3 is 9.84 Å². The molecular weight excluding hydrogens is 258 g/mol. The van der Waals surface area contributed by atoms with Gasteiger partial charge in [0, 0.05) is 12.6 Å². The zero-order valence-electron chi connectivity index (χ0n) is 11.4. The zero-order valence-corrected chi connectivity index (χ0v) is 12.2. The van der Waals surface area contributed by atoms with Crippen molar-refractivity contribution < 1.29 is 23.1 Å². The molecule has 6 nitrogen and oxygen atoms in total. The van der Waals surface area contributed by atoms with Gasteiger partial charge in [0.2, 0.25) is 10.0 Å². The number of rotatable bonds is 7. The van der Waals surface area contributed by atoms with Gasteiger partial charge in [-0.2, -0.15) is 0 Å². The van der Waals surface area contributed by atoms with Crippen molar-refractivity contribution in [2.75, 3.05) is 19.5 Å². The molecule has 0 amide bonds. The number of carbonyl (C=O) groups excluding carboxylic acids is 1. The average molecular weight is 281 g/mol. The lowest BCUT2D eigenvalue weighted by atomic mass is 9.86. The summed E-state index contributed by atoms with van der Waals surface area (Å²) in [5.41, 5.74) is -0.304. The number of methoxy groups -OCH3 is 1. The number of esters is 1. The third-order valence-electron chi connectivity index (χ3n) is 2.59. The summed E-state index contributed by atoms with van der Waals surface area (Å²) in [6.45, 7) is 5.56. The molecule has 1 unspecified atom stereocenters.